The van der Waals surface area contributed by atoms with Gasteiger partial charge in [-0.3, -0.25) is 0 Å². The van der Waals surface area contributed by atoms with Gasteiger partial charge >= 0.3 is 0 Å². The summed E-state index contributed by atoms with van der Waals surface area (Å²) >= 11 is 0. The summed E-state index contributed by atoms with van der Waals surface area (Å²) in [5.74, 6) is 3.37. The monoisotopic (exact) mass is 334 g/mol. The van der Waals surface area contributed by atoms with Gasteiger partial charge in [0.1, 0.15) is 6.33 Å². The molecule has 0 saturated heterocycles. The van der Waals surface area contributed by atoms with Crippen molar-refractivity contribution in [1.82, 2.24) is 14.7 Å². The van der Waals surface area contributed by atoms with E-state index in [0.717, 1.165) is 48.7 Å². The van der Waals surface area contributed by atoms with Crippen molar-refractivity contribution in [3.05, 3.63) is 35.3 Å². The maximum Gasteiger partial charge on any atom is 0.116 e. The van der Waals surface area contributed by atoms with Crippen molar-refractivity contribution < 1.29 is 4.21 Å². The maximum absolute atomic E-state index is 11.2. The van der Waals surface area contributed by atoms with E-state index in [1.54, 1.807) is 6.33 Å². The summed E-state index contributed by atoms with van der Waals surface area (Å²) in [6.07, 6.45) is 6.83. The van der Waals surface area contributed by atoms with Crippen molar-refractivity contribution in [1.29, 1.82) is 0 Å². The largest absolute Gasteiger partial charge is 0.248 e. The topological polar surface area (TPSA) is 80.9 Å². The van der Waals surface area contributed by atoms with Crippen molar-refractivity contribution in [3.8, 4) is 0 Å². The van der Waals surface area contributed by atoms with Gasteiger partial charge in [-0.15, -0.1) is 0 Å². The normalized spacial score (nSPS) is 14.0. The van der Waals surface area contributed by atoms with E-state index in [0.29, 0.717) is 6.54 Å². The smallest absolute Gasteiger partial charge is 0.116 e. The predicted octanol–water partition coefficient (Wildman–Crippen LogP) is 2.44. The molecule has 1 atom stereocenters. The van der Waals surface area contributed by atoms with E-state index in [1.165, 1.54) is 11.1 Å². The zero-order valence-electron chi connectivity index (χ0n) is 14.0. The van der Waals surface area contributed by atoms with E-state index in [4.69, 9.17) is 5.14 Å². The fourth-order valence-corrected chi connectivity index (χ4v) is 3.07. The molecule has 2 aromatic rings. The molecule has 1 aromatic heterocycles. The second kappa shape index (κ2) is 7.86. The molecule has 0 bridgehead atoms. The Bertz CT molecular complexity index is 772. The van der Waals surface area contributed by atoms with E-state index in [9.17, 15) is 4.21 Å². The van der Waals surface area contributed by atoms with Crippen molar-refractivity contribution in [2.45, 2.75) is 46.0 Å². The molecule has 6 heteroatoms. The number of nitrogens with zero attached hydrogens (tertiary/aromatic N) is 2. The van der Waals surface area contributed by atoms with Crippen molar-refractivity contribution in [3.63, 3.8) is 0 Å². The lowest BCUT2D eigenvalue weighted by molar-refractivity contribution is 0.623. The molecular formula is C17H26N4OS. The first-order valence-corrected chi connectivity index (χ1v) is 9.76. The van der Waals surface area contributed by atoms with Crippen molar-refractivity contribution >= 4 is 26.7 Å². The highest BCUT2D eigenvalue weighted by molar-refractivity contribution is 7.96. The second-order valence-electron chi connectivity index (χ2n) is 6.06. The van der Waals surface area contributed by atoms with Crippen molar-refractivity contribution in [2.24, 2.45) is 5.14 Å². The minimum atomic E-state index is -2.56. The van der Waals surface area contributed by atoms with Crippen LogP contribution in [0.1, 0.15) is 42.5 Å². The molecule has 0 saturated carbocycles. The predicted molar refractivity (Wildman–Crippen MR) is 98.6 cm³/mol. The average Bonchev–Trinajstić information content (AvgIpc) is 2.47. The van der Waals surface area contributed by atoms with Gasteiger partial charge in [-0.2, -0.15) is 0 Å². The summed E-state index contributed by atoms with van der Waals surface area (Å²) in [7, 11) is -2.56. The summed E-state index contributed by atoms with van der Waals surface area (Å²) in [6.45, 7) is 4.88. The number of aryl methyl sites for hydroxylation is 3. The lowest BCUT2D eigenvalue weighted by Crippen LogP contribution is -2.31. The number of aromatic nitrogens is 2. The minimum absolute atomic E-state index is 0.647. The number of rotatable bonds is 8. The molecule has 0 radical (unpaired) electrons. The molecule has 126 valence electrons. The molecule has 3 N–H and O–H groups in total. The van der Waals surface area contributed by atoms with Gasteiger partial charge in [-0.25, -0.2) is 24.0 Å². The lowest BCUT2D eigenvalue weighted by atomic mass is 10.0. The van der Waals surface area contributed by atoms with E-state index >= 15 is 0 Å². The minimum Gasteiger partial charge on any atom is -0.248 e. The van der Waals surface area contributed by atoms with Gasteiger partial charge in [0.05, 0.1) is 21.1 Å². The molecule has 0 spiro atoms. The fourth-order valence-electron chi connectivity index (χ4n) is 2.58. The first kappa shape index (κ1) is 17.8. The molecule has 0 aliphatic carbocycles. The summed E-state index contributed by atoms with van der Waals surface area (Å²) < 4.78 is 13.9. The van der Waals surface area contributed by atoms with E-state index in [1.807, 2.05) is 0 Å². The Kier molecular flexibility index (Phi) is 6.10. The van der Waals surface area contributed by atoms with Gasteiger partial charge in [0.15, 0.2) is 0 Å². The summed E-state index contributed by atoms with van der Waals surface area (Å²) in [5, 5.41) is 6.48. The number of hydrogen-bond donors (Lipinski definition) is 2. The quantitative estimate of drug-likeness (QED) is 0.575. The molecule has 1 heterocycles. The van der Waals surface area contributed by atoms with Gasteiger partial charge in [0, 0.05) is 11.9 Å². The highest BCUT2D eigenvalue weighted by Crippen LogP contribution is 2.21. The first-order valence-electron chi connectivity index (χ1n) is 7.97. The number of hydrogen-bond acceptors (Lipinski definition) is 3. The van der Waals surface area contributed by atoms with Crippen LogP contribution in [-0.2, 0) is 16.3 Å². The van der Waals surface area contributed by atoms with Crippen molar-refractivity contribution in [2.75, 3.05) is 6.54 Å². The molecule has 0 amide bonds. The van der Waals surface area contributed by atoms with Gasteiger partial charge in [0.2, 0.25) is 0 Å². The van der Waals surface area contributed by atoms with Crippen LogP contribution in [0.3, 0.4) is 0 Å². The Morgan fingerprint density at radius 3 is 2.57 bits per heavy atom. The third-order valence-electron chi connectivity index (χ3n) is 4.02. The molecule has 2 rings (SSSR count). The van der Waals surface area contributed by atoms with Crippen LogP contribution < -0.4 is 9.86 Å². The van der Waals surface area contributed by atoms with Crippen LogP contribution in [0.2, 0.25) is 0 Å². The zero-order valence-corrected chi connectivity index (χ0v) is 14.8. The third-order valence-corrected chi connectivity index (χ3v) is 4.71. The van der Waals surface area contributed by atoms with Gasteiger partial charge in [0.25, 0.3) is 0 Å². The van der Waals surface area contributed by atoms with E-state index < -0.39 is 9.89 Å². The lowest BCUT2D eigenvalue weighted by Gasteiger charge is -2.08. The van der Waals surface area contributed by atoms with Crippen LogP contribution in [0.4, 0.5) is 0 Å². The SMILES string of the molecule is C=S(N)(=O)NCCCCCCc1ncnc2cc(C)c(C)cc12. The second-order valence-corrected chi connectivity index (χ2v) is 7.80. The molecule has 0 aliphatic rings. The Morgan fingerprint density at radius 2 is 1.83 bits per heavy atom. The Labute approximate surface area is 139 Å². The standard InChI is InChI=1S/C17H26N4OS/c1-13-10-15-16(19-12-20-17(15)11-14(13)2)8-6-4-5-7-9-21-23(3,18)22/h10-12H,3-9H2,1-2H3,(H3,18,21,22). The Morgan fingerprint density at radius 1 is 1.13 bits per heavy atom. The maximum atomic E-state index is 11.2. The van der Waals surface area contributed by atoms with Gasteiger partial charge in [-0.05, 0) is 62.2 Å². The molecular weight excluding hydrogens is 308 g/mol. The van der Waals surface area contributed by atoms with Gasteiger partial charge in [-0.1, -0.05) is 12.8 Å². The third kappa shape index (κ3) is 5.57. The molecule has 23 heavy (non-hydrogen) atoms. The number of nitrogens with one attached hydrogen (secondary N) is 1. The van der Waals surface area contributed by atoms with Crippen LogP contribution in [-0.4, -0.2) is 26.6 Å². The molecule has 1 aromatic carbocycles. The molecule has 1 unspecified atom stereocenters. The Hall–Kier alpha value is -1.50. The number of nitrogens with two attached hydrogens (primary N) is 1. The zero-order chi connectivity index (χ0) is 16.9. The fraction of sp³-hybridized carbons (Fsp3) is 0.471. The van der Waals surface area contributed by atoms with Crippen LogP contribution in [0.15, 0.2) is 18.5 Å². The molecule has 5 nitrogen and oxygen atoms in total. The van der Waals surface area contributed by atoms with Crippen LogP contribution >= 0.6 is 0 Å². The number of fused-ring (bicyclic) bond motifs is 1. The first-order chi connectivity index (χ1) is 10.9. The highest BCUT2D eigenvalue weighted by atomic mass is 32.2. The van der Waals surface area contributed by atoms with E-state index in [-0.39, 0.29) is 0 Å². The van der Waals surface area contributed by atoms with Crippen LogP contribution in [0.25, 0.3) is 10.9 Å². The average molecular weight is 334 g/mol. The number of unbranched alkanes of at least 4 members (excludes halogenated alkanes) is 3. The molecule has 0 fully saturated rings. The van der Waals surface area contributed by atoms with E-state index in [2.05, 4.69) is 46.5 Å². The summed E-state index contributed by atoms with van der Waals surface area (Å²) in [6, 6.07) is 4.32. The summed E-state index contributed by atoms with van der Waals surface area (Å²) in [5.41, 5.74) is 4.68. The Balaban J connectivity index is 1.84. The van der Waals surface area contributed by atoms with Gasteiger partial charge < -0.3 is 0 Å². The highest BCUT2D eigenvalue weighted by Gasteiger charge is 2.06. The number of benzene rings is 1. The van der Waals surface area contributed by atoms with Crippen LogP contribution in [0.5, 0.6) is 0 Å². The summed E-state index contributed by atoms with van der Waals surface area (Å²) in [4.78, 5) is 8.83. The van der Waals surface area contributed by atoms with Crippen LogP contribution in [0, 0.1) is 13.8 Å². The molecule has 0 aliphatic heterocycles.